The minimum atomic E-state index is -8.52. The van der Waals surface area contributed by atoms with E-state index in [0.29, 0.717) is 0 Å². The molecule has 0 atom stereocenters. The third-order valence-electron chi connectivity index (χ3n) is 4.15. The summed E-state index contributed by atoms with van der Waals surface area (Å²) in [5.41, 5.74) is 0. The first kappa shape index (κ1) is 38.5. The second-order valence-electron chi connectivity index (χ2n) is 6.87. The molecule has 1 nitrogen and oxygen atoms in total. The Labute approximate surface area is 204 Å². The van der Waals surface area contributed by atoms with Crippen molar-refractivity contribution in [1.29, 1.82) is 0 Å². The Morgan fingerprint density at radius 1 is 0.293 bits per heavy atom. The summed E-state index contributed by atoms with van der Waals surface area (Å²) in [4.78, 5) is 0. The molecule has 0 fully saturated rings. The fraction of sp³-hybridized carbons (Fsp3) is 0.714. The second kappa shape index (κ2) is 10.0. The summed E-state index contributed by atoms with van der Waals surface area (Å²) in [6.07, 6.45) is -15.8. The van der Waals surface area contributed by atoms with Crippen molar-refractivity contribution in [2.45, 2.75) is 59.7 Å². The van der Waals surface area contributed by atoms with Gasteiger partial charge in [0.25, 0.3) is 0 Å². The maximum Gasteiger partial charge on any atom is 0.460 e. The zero-order chi connectivity index (χ0) is 34.0. The second-order valence-corrected chi connectivity index (χ2v) is 6.87. The first-order valence-corrected chi connectivity index (χ1v) is 8.32. The number of allylic oxidation sites excluding steroid dienone is 2. The molecule has 0 heterocycles. The highest BCUT2D eigenvalue weighted by molar-refractivity contribution is 5.21. The number of ether oxygens (including phenoxy) is 1. The fourth-order valence-electron chi connectivity index (χ4n) is 1.84. The molecule has 0 rings (SSSR count). The van der Waals surface area contributed by atoms with Gasteiger partial charge >= 0.3 is 71.8 Å². The van der Waals surface area contributed by atoms with Crippen LogP contribution in [0.5, 0.6) is 0 Å². The number of alkyl halides is 22. The van der Waals surface area contributed by atoms with Crippen molar-refractivity contribution >= 4 is 0 Å². The van der Waals surface area contributed by atoms with Crippen molar-refractivity contribution < 1.29 is 119 Å². The van der Waals surface area contributed by atoms with Gasteiger partial charge in [0.1, 0.15) is 0 Å². The zero-order valence-electron chi connectivity index (χ0n) is 17.2. The van der Waals surface area contributed by atoms with Crippen LogP contribution in [0.1, 0.15) is 0 Å². The minimum Gasteiger partial charge on any atom is -0.400 e. The lowest BCUT2D eigenvalue weighted by Gasteiger charge is -2.36. The molecule has 0 aromatic rings. The lowest BCUT2D eigenvalue weighted by molar-refractivity contribution is -0.419. The van der Waals surface area contributed by atoms with Crippen LogP contribution in [-0.4, -0.2) is 59.7 Å². The van der Waals surface area contributed by atoms with Crippen LogP contribution in [0.2, 0.25) is 0 Å². The van der Waals surface area contributed by atoms with E-state index in [1.54, 1.807) is 0 Å². The monoisotopic (exact) mass is 678 g/mol. The standard InChI is InChI=1S/C14F26O/c15-1(5(19,20)7(23,24)9(27,28)11(31,32)13(35,36)37)3(17)41-4(18)2(16)6(21,22)8(25,26)10(29,30)12(33,34)14(38,39)40/b3-1-,4-2-. The Hall–Kier alpha value is -2.54. The fourth-order valence-corrected chi connectivity index (χ4v) is 1.84. The predicted molar refractivity (Wildman–Crippen MR) is 71.3 cm³/mol. The van der Waals surface area contributed by atoms with Crippen LogP contribution in [0, 0.1) is 0 Å². The minimum absolute atomic E-state index is 1.81. The molecule has 0 N–H and O–H groups in total. The average molecular weight is 678 g/mol. The Morgan fingerprint density at radius 3 is 0.659 bits per heavy atom. The highest BCUT2D eigenvalue weighted by Gasteiger charge is 2.89. The van der Waals surface area contributed by atoms with E-state index < -0.39 is 83.4 Å². The van der Waals surface area contributed by atoms with Crippen molar-refractivity contribution in [2.75, 3.05) is 0 Å². The topological polar surface area (TPSA) is 9.23 Å². The van der Waals surface area contributed by atoms with Crippen molar-refractivity contribution in [3.63, 3.8) is 0 Å². The summed E-state index contributed by atoms with van der Waals surface area (Å²) in [5, 5.41) is 0. The summed E-state index contributed by atoms with van der Waals surface area (Å²) in [6, 6.07) is -9.86. The summed E-state index contributed by atoms with van der Waals surface area (Å²) < 4.78 is 334. The Morgan fingerprint density at radius 2 is 0.488 bits per heavy atom. The third-order valence-corrected chi connectivity index (χ3v) is 4.15. The molecular formula is C14F26O. The molecule has 0 bridgehead atoms. The molecule has 0 saturated heterocycles. The van der Waals surface area contributed by atoms with Crippen molar-refractivity contribution in [3.05, 3.63) is 23.7 Å². The van der Waals surface area contributed by atoms with Gasteiger partial charge in [-0.05, 0) is 0 Å². The van der Waals surface area contributed by atoms with Gasteiger partial charge in [0.05, 0.1) is 0 Å². The molecule has 0 spiro atoms. The molecule has 0 aromatic heterocycles. The lowest BCUT2D eigenvalue weighted by atomic mass is 9.97. The van der Waals surface area contributed by atoms with E-state index in [-0.39, 0.29) is 0 Å². The van der Waals surface area contributed by atoms with Gasteiger partial charge in [-0.25, -0.2) is 0 Å². The SMILES string of the molecule is F/C(O/C(F)=C(\F)C(F)(F)C(F)(F)C(F)(F)C(F)(F)C(F)(F)F)=C(/F)C(F)(F)C(F)(F)C(F)(F)C(F)(F)C(F)(F)F. The van der Waals surface area contributed by atoms with E-state index in [1.807, 2.05) is 4.74 Å². The molecule has 244 valence electrons. The van der Waals surface area contributed by atoms with Crippen LogP contribution >= 0.6 is 0 Å². The number of rotatable bonds is 10. The first-order valence-electron chi connectivity index (χ1n) is 8.32. The number of halogens is 26. The van der Waals surface area contributed by atoms with E-state index >= 15 is 0 Å². The largest absolute Gasteiger partial charge is 0.460 e. The number of hydrogen-bond donors (Lipinski definition) is 0. The molecule has 0 aliphatic heterocycles. The van der Waals surface area contributed by atoms with Gasteiger partial charge in [-0.2, -0.15) is 114 Å². The summed E-state index contributed by atoms with van der Waals surface area (Å²) in [7, 11) is 0. The maximum absolute atomic E-state index is 13.3. The van der Waals surface area contributed by atoms with Crippen LogP contribution in [0.4, 0.5) is 114 Å². The van der Waals surface area contributed by atoms with Crippen molar-refractivity contribution in [2.24, 2.45) is 0 Å². The van der Waals surface area contributed by atoms with E-state index in [4.69, 9.17) is 0 Å². The van der Waals surface area contributed by atoms with E-state index in [0.717, 1.165) is 0 Å². The van der Waals surface area contributed by atoms with Crippen molar-refractivity contribution in [1.82, 2.24) is 0 Å². The van der Waals surface area contributed by atoms with Crippen LogP contribution < -0.4 is 0 Å². The Bertz CT molecular complexity index is 953. The van der Waals surface area contributed by atoms with Gasteiger partial charge in [0.15, 0.2) is 0 Å². The normalized spacial score (nSPS) is 17.3. The summed E-state index contributed by atoms with van der Waals surface area (Å²) in [5.74, 6) is -77.6. The molecular weight excluding hydrogens is 678 g/mol. The molecule has 27 heteroatoms. The highest BCUT2D eigenvalue weighted by atomic mass is 19.4. The van der Waals surface area contributed by atoms with Crippen LogP contribution in [0.3, 0.4) is 0 Å². The van der Waals surface area contributed by atoms with Gasteiger partial charge in [0.2, 0.25) is 11.7 Å². The van der Waals surface area contributed by atoms with Gasteiger partial charge in [-0.15, -0.1) is 0 Å². The molecule has 0 aliphatic rings. The zero-order valence-corrected chi connectivity index (χ0v) is 17.2. The lowest BCUT2D eigenvalue weighted by Crippen LogP contribution is -2.66. The van der Waals surface area contributed by atoms with Crippen LogP contribution in [-0.2, 0) is 4.74 Å². The van der Waals surface area contributed by atoms with Crippen LogP contribution in [0.25, 0.3) is 0 Å². The van der Waals surface area contributed by atoms with E-state index in [2.05, 4.69) is 0 Å². The molecule has 0 saturated carbocycles. The first-order chi connectivity index (χ1) is 17.4. The number of hydrogen-bond acceptors (Lipinski definition) is 1. The van der Waals surface area contributed by atoms with Gasteiger partial charge < -0.3 is 4.74 Å². The van der Waals surface area contributed by atoms with Gasteiger partial charge in [-0.1, -0.05) is 0 Å². The smallest absolute Gasteiger partial charge is 0.400 e. The molecule has 0 amide bonds. The third kappa shape index (κ3) is 5.39. The van der Waals surface area contributed by atoms with Crippen molar-refractivity contribution in [3.8, 4) is 0 Å². The molecule has 41 heavy (non-hydrogen) atoms. The molecule has 0 aromatic carbocycles. The molecule has 0 unspecified atom stereocenters. The van der Waals surface area contributed by atoms with Gasteiger partial charge in [0, 0.05) is 0 Å². The predicted octanol–water partition coefficient (Wildman–Crippen LogP) is 9.43. The maximum atomic E-state index is 13.3. The molecule has 0 radical (unpaired) electrons. The van der Waals surface area contributed by atoms with E-state index in [9.17, 15) is 114 Å². The van der Waals surface area contributed by atoms with Crippen LogP contribution in [0.15, 0.2) is 23.7 Å². The summed E-state index contributed by atoms with van der Waals surface area (Å²) >= 11 is 0. The van der Waals surface area contributed by atoms with E-state index in [1.165, 1.54) is 0 Å². The Balaban J connectivity index is 6.85. The Kier molecular flexibility index (Phi) is 9.41. The average Bonchev–Trinajstić information content (AvgIpc) is 2.75. The van der Waals surface area contributed by atoms with Gasteiger partial charge in [-0.3, -0.25) is 0 Å². The summed E-state index contributed by atoms with van der Waals surface area (Å²) in [6.45, 7) is 0. The highest BCUT2D eigenvalue weighted by Crippen LogP contribution is 2.61. The molecule has 0 aliphatic carbocycles. The quantitative estimate of drug-likeness (QED) is 0.165.